The molecule has 1 amide bonds. The molecule has 0 bridgehead atoms. The highest BCUT2D eigenvalue weighted by Gasteiger charge is 2.31. The van der Waals surface area contributed by atoms with Gasteiger partial charge in [-0.25, -0.2) is 0 Å². The number of amides is 1. The van der Waals surface area contributed by atoms with Gasteiger partial charge in [-0.05, 0) is 37.8 Å². The van der Waals surface area contributed by atoms with Crippen molar-refractivity contribution in [1.82, 2.24) is 4.90 Å². The molecule has 3 rings (SSSR count). The Bertz CT molecular complexity index is 523. The highest BCUT2D eigenvalue weighted by molar-refractivity contribution is 5.85. The Labute approximate surface area is 133 Å². The lowest BCUT2D eigenvalue weighted by atomic mass is 9.97. The molecule has 2 unspecified atom stereocenters. The van der Waals surface area contributed by atoms with Gasteiger partial charge >= 0.3 is 0 Å². The molecule has 1 aromatic carbocycles. The maximum Gasteiger partial charge on any atom is 0.244 e. The van der Waals surface area contributed by atoms with E-state index in [9.17, 15) is 4.79 Å². The number of benzene rings is 1. The van der Waals surface area contributed by atoms with E-state index in [2.05, 4.69) is 28.0 Å². The Kier molecular flexibility index (Phi) is 4.67. The zero-order valence-electron chi connectivity index (χ0n) is 13.5. The molecule has 2 N–H and O–H groups in total. The lowest BCUT2D eigenvalue weighted by Gasteiger charge is -2.39. The Morgan fingerprint density at radius 2 is 1.86 bits per heavy atom. The summed E-state index contributed by atoms with van der Waals surface area (Å²) in [5, 5.41) is 0. The first-order chi connectivity index (χ1) is 10.7. The van der Waals surface area contributed by atoms with Crippen molar-refractivity contribution in [2.24, 2.45) is 5.73 Å². The minimum absolute atomic E-state index is 0.106. The van der Waals surface area contributed by atoms with Crippen LogP contribution in [-0.4, -0.2) is 42.5 Å². The molecule has 1 saturated heterocycles. The van der Waals surface area contributed by atoms with Gasteiger partial charge in [0.05, 0.1) is 0 Å². The summed E-state index contributed by atoms with van der Waals surface area (Å²) in [5.41, 5.74) is 8.66. The first-order valence-electron chi connectivity index (χ1n) is 8.55. The summed E-state index contributed by atoms with van der Waals surface area (Å²) >= 11 is 0. The fraction of sp³-hybridized carbons (Fsp3) is 0.611. The molecule has 0 radical (unpaired) electrons. The van der Waals surface area contributed by atoms with Crippen LogP contribution in [0, 0.1) is 0 Å². The minimum atomic E-state index is -0.134. The Morgan fingerprint density at radius 3 is 2.59 bits per heavy atom. The predicted octanol–water partition coefficient (Wildman–Crippen LogP) is 2.17. The molecule has 2 atom stereocenters. The molecular weight excluding hydrogens is 274 g/mol. The minimum Gasteiger partial charge on any atom is -0.358 e. The smallest absolute Gasteiger partial charge is 0.244 e. The molecule has 0 spiro atoms. The van der Waals surface area contributed by atoms with Gasteiger partial charge in [-0.1, -0.05) is 31.0 Å². The summed E-state index contributed by atoms with van der Waals surface area (Å²) in [6, 6.07) is 8.32. The standard InChI is InChI=1S/C18H27N3O/c1-14(18(22)20-10-6-2-3-7-11-20)21-13-16(19)12-15-8-4-5-9-17(15)21/h4-5,8-9,14,16H,2-3,6-7,10-13,19H2,1H3. The number of hydrogen-bond donors (Lipinski definition) is 1. The normalized spacial score (nSPS) is 23.6. The van der Waals surface area contributed by atoms with Crippen molar-refractivity contribution in [3.63, 3.8) is 0 Å². The third-order valence-electron chi connectivity index (χ3n) is 4.96. The molecule has 4 heteroatoms. The van der Waals surface area contributed by atoms with E-state index in [4.69, 9.17) is 5.73 Å². The Hall–Kier alpha value is -1.55. The van der Waals surface area contributed by atoms with Crippen LogP contribution in [0.1, 0.15) is 38.2 Å². The maximum absolute atomic E-state index is 12.9. The number of carbonyl (C=O) groups excluding carboxylic acids is 1. The number of carbonyl (C=O) groups is 1. The summed E-state index contributed by atoms with van der Waals surface area (Å²) < 4.78 is 0. The molecule has 2 aliphatic heterocycles. The molecule has 0 saturated carbocycles. The summed E-state index contributed by atoms with van der Waals surface area (Å²) in [6.45, 7) is 4.61. The van der Waals surface area contributed by atoms with Crippen molar-refractivity contribution in [2.75, 3.05) is 24.5 Å². The maximum atomic E-state index is 12.9. The second kappa shape index (κ2) is 6.69. The van der Waals surface area contributed by atoms with Crippen molar-refractivity contribution in [3.8, 4) is 0 Å². The average molecular weight is 301 g/mol. The van der Waals surface area contributed by atoms with E-state index in [1.165, 1.54) is 24.1 Å². The highest BCUT2D eigenvalue weighted by atomic mass is 16.2. The number of likely N-dealkylation sites (tertiary alicyclic amines) is 1. The van der Waals surface area contributed by atoms with Crippen LogP contribution in [0.2, 0.25) is 0 Å². The third-order valence-corrected chi connectivity index (χ3v) is 4.96. The van der Waals surface area contributed by atoms with Crippen molar-refractivity contribution in [1.29, 1.82) is 0 Å². The molecule has 4 nitrogen and oxygen atoms in total. The molecule has 1 fully saturated rings. The van der Waals surface area contributed by atoms with Crippen LogP contribution in [0.5, 0.6) is 0 Å². The van der Waals surface area contributed by atoms with E-state index in [1.54, 1.807) is 0 Å². The van der Waals surface area contributed by atoms with Gasteiger partial charge in [0.1, 0.15) is 6.04 Å². The molecular formula is C18H27N3O. The quantitative estimate of drug-likeness (QED) is 0.911. The first-order valence-corrected chi connectivity index (χ1v) is 8.55. The van der Waals surface area contributed by atoms with E-state index in [-0.39, 0.29) is 18.0 Å². The van der Waals surface area contributed by atoms with Crippen LogP contribution in [0.25, 0.3) is 0 Å². The first kappa shape index (κ1) is 15.3. The SMILES string of the molecule is CC(C(=O)N1CCCCCC1)N1CC(N)Cc2ccccc21. The molecule has 120 valence electrons. The van der Waals surface area contributed by atoms with E-state index in [0.29, 0.717) is 0 Å². The van der Waals surface area contributed by atoms with Crippen LogP contribution < -0.4 is 10.6 Å². The number of para-hydroxylation sites is 1. The summed E-state index contributed by atoms with van der Waals surface area (Å²) in [5.74, 6) is 0.255. The van der Waals surface area contributed by atoms with Gasteiger partial charge in [0.25, 0.3) is 0 Å². The third kappa shape index (κ3) is 3.12. The van der Waals surface area contributed by atoms with Gasteiger partial charge in [0.2, 0.25) is 5.91 Å². The van der Waals surface area contributed by atoms with Crippen LogP contribution in [0.15, 0.2) is 24.3 Å². The van der Waals surface area contributed by atoms with E-state index in [1.807, 2.05) is 13.0 Å². The van der Waals surface area contributed by atoms with Gasteiger partial charge in [0, 0.05) is 31.4 Å². The second-order valence-electron chi connectivity index (χ2n) is 6.66. The van der Waals surface area contributed by atoms with Crippen LogP contribution >= 0.6 is 0 Å². The van der Waals surface area contributed by atoms with Crippen molar-refractivity contribution in [2.45, 2.75) is 51.1 Å². The molecule has 2 aliphatic rings. The lowest BCUT2D eigenvalue weighted by Crippen LogP contribution is -2.53. The number of nitrogens with zero attached hydrogens (tertiary/aromatic N) is 2. The Balaban J connectivity index is 1.79. The zero-order chi connectivity index (χ0) is 15.5. The molecule has 0 aromatic heterocycles. The summed E-state index contributed by atoms with van der Waals surface area (Å²) in [6.07, 6.45) is 5.66. The zero-order valence-corrected chi connectivity index (χ0v) is 13.5. The van der Waals surface area contributed by atoms with E-state index in [0.717, 1.165) is 38.9 Å². The van der Waals surface area contributed by atoms with E-state index < -0.39 is 0 Å². The van der Waals surface area contributed by atoms with Gasteiger partial charge < -0.3 is 15.5 Å². The summed E-state index contributed by atoms with van der Waals surface area (Å²) in [7, 11) is 0. The molecule has 1 aromatic rings. The predicted molar refractivity (Wildman–Crippen MR) is 90.0 cm³/mol. The topological polar surface area (TPSA) is 49.6 Å². The monoisotopic (exact) mass is 301 g/mol. The second-order valence-corrected chi connectivity index (χ2v) is 6.66. The van der Waals surface area contributed by atoms with Gasteiger partial charge in [-0.2, -0.15) is 0 Å². The molecule has 2 heterocycles. The number of rotatable bonds is 2. The molecule has 22 heavy (non-hydrogen) atoms. The number of anilines is 1. The Morgan fingerprint density at radius 1 is 1.18 bits per heavy atom. The highest BCUT2D eigenvalue weighted by Crippen LogP contribution is 2.28. The van der Waals surface area contributed by atoms with Crippen LogP contribution in [-0.2, 0) is 11.2 Å². The van der Waals surface area contributed by atoms with Gasteiger partial charge in [-0.3, -0.25) is 4.79 Å². The summed E-state index contributed by atoms with van der Waals surface area (Å²) in [4.78, 5) is 17.2. The van der Waals surface area contributed by atoms with Crippen molar-refractivity contribution in [3.05, 3.63) is 29.8 Å². The fourth-order valence-electron chi connectivity index (χ4n) is 3.72. The van der Waals surface area contributed by atoms with Gasteiger partial charge in [0.15, 0.2) is 0 Å². The number of nitrogens with two attached hydrogens (primary N) is 1. The fourth-order valence-corrected chi connectivity index (χ4v) is 3.72. The van der Waals surface area contributed by atoms with Gasteiger partial charge in [-0.15, -0.1) is 0 Å². The van der Waals surface area contributed by atoms with Crippen LogP contribution in [0.3, 0.4) is 0 Å². The average Bonchev–Trinajstić information content (AvgIpc) is 2.82. The van der Waals surface area contributed by atoms with Crippen molar-refractivity contribution < 1.29 is 4.79 Å². The number of hydrogen-bond acceptors (Lipinski definition) is 3. The van der Waals surface area contributed by atoms with Crippen LogP contribution in [0.4, 0.5) is 5.69 Å². The number of fused-ring (bicyclic) bond motifs is 1. The largest absolute Gasteiger partial charge is 0.358 e. The lowest BCUT2D eigenvalue weighted by molar-refractivity contribution is -0.132. The van der Waals surface area contributed by atoms with E-state index >= 15 is 0 Å². The van der Waals surface area contributed by atoms with Crippen molar-refractivity contribution >= 4 is 11.6 Å². The molecule has 0 aliphatic carbocycles.